The lowest BCUT2D eigenvalue weighted by Gasteiger charge is -2.10. The van der Waals surface area contributed by atoms with Crippen molar-refractivity contribution in [1.82, 2.24) is 0 Å². The van der Waals surface area contributed by atoms with Crippen LogP contribution in [0.5, 0.6) is 11.5 Å². The summed E-state index contributed by atoms with van der Waals surface area (Å²) < 4.78 is 10.9. The van der Waals surface area contributed by atoms with Crippen molar-refractivity contribution in [2.45, 2.75) is 13.0 Å². The van der Waals surface area contributed by atoms with Gasteiger partial charge in [-0.15, -0.1) is 0 Å². The molecule has 1 aliphatic heterocycles. The topological polar surface area (TPSA) is 64.7 Å². The molecule has 0 spiro atoms. The van der Waals surface area contributed by atoms with E-state index in [9.17, 15) is 0 Å². The van der Waals surface area contributed by atoms with Crippen molar-refractivity contribution in [2.75, 3.05) is 18.9 Å². The molecule has 0 fully saturated rings. The van der Waals surface area contributed by atoms with Gasteiger partial charge in [0.2, 0.25) is 0 Å². The minimum absolute atomic E-state index is 0.0809. The highest BCUT2D eigenvalue weighted by Crippen LogP contribution is 2.33. The number of rotatable bonds is 1. The van der Waals surface area contributed by atoms with Gasteiger partial charge in [-0.05, 0) is 6.07 Å². The highest BCUT2D eigenvalue weighted by Gasteiger charge is 2.12. The van der Waals surface area contributed by atoms with Gasteiger partial charge in [0.05, 0.1) is 19.8 Å². The molecule has 0 saturated carbocycles. The number of ether oxygens (including phenoxy) is 2. The van der Waals surface area contributed by atoms with E-state index in [2.05, 4.69) is 0 Å². The van der Waals surface area contributed by atoms with Crippen LogP contribution in [-0.4, -0.2) is 18.3 Å². The standard InChI is InChI=1S/C10H13NO3/c11-8-5-10-9(4-7(8)6-12)13-2-1-3-14-10/h4-5,12H,1-3,6,11H2. The summed E-state index contributed by atoms with van der Waals surface area (Å²) in [6.07, 6.45) is 0.864. The van der Waals surface area contributed by atoms with Crippen molar-refractivity contribution in [3.8, 4) is 11.5 Å². The van der Waals surface area contributed by atoms with Crippen LogP contribution < -0.4 is 15.2 Å². The molecule has 1 aliphatic rings. The maximum absolute atomic E-state index is 9.01. The number of anilines is 1. The molecule has 76 valence electrons. The number of nitrogen functional groups attached to an aromatic ring is 1. The van der Waals surface area contributed by atoms with Gasteiger partial charge in [0.1, 0.15) is 0 Å². The summed E-state index contributed by atoms with van der Waals surface area (Å²) in [5, 5.41) is 9.01. The number of hydrogen-bond donors (Lipinski definition) is 2. The molecule has 0 radical (unpaired) electrons. The van der Waals surface area contributed by atoms with Gasteiger partial charge in [-0.2, -0.15) is 0 Å². The molecule has 14 heavy (non-hydrogen) atoms. The smallest absolute Gasteiger partial charge is 0.163 e. The largest absolute Gasteiger partial charge is 0.490 e. The number of fused-ring (bicyclic) bond motifs is 1. The Labute approximate surface area is 82.2 Å². The Morgan fingerprint density at radius 3 is 2.50 bits per heavy atom. The number of nitrogens with two attached hydrogens (primary N) is 1. The van der Waals surface area contributed by atoms with Gasteiger partial charge in [-0.1, -0.05) is 0 Å². The molecule has 4 heteroatoms. The monoisotopic (exact) mass is 195 g/mol. The first-order valence-electron chi connectivity index (χ1n) is 4.60. The van der Waals surface area contributed by atoms with Gasteiger partial charge >= 0.3 is 0 Å². The quantitative estimate of drug-likeness (QED) is 0.654. The first-order chi connectivity index (χ1) is 6.81. The van der Waals surface area contributed by atoms with Gasteiger partial charge < -0.3 is 20.3 Å². The molecule has 1 aromatic carbocycles. The number of aliphatic hydroxyl groups is 1. The van der Waals surface area contributed by atoms with Gasteiger partial charge in [0.25, 0.3) is 0 Å². The minimum Gasteiger partial charge on any atom is -0.490 e. The van der Waals surface area contributed by atoms with E-state index in [1.807, 2.05) is 0 Å². The van der Waals surface area contributed by atoms with Crippen LogP contribution in [0.3, 0.4) is 0 Å². The van der Waals surface area contributed by atoms with Gasteiger partial charge in [-0.25, -0.2) is 0 Å². The van der Waals surface area contributed by atoms with Crippen LogP contribution in [0, 0.1) is 0 Å². The van der Waals surface area contributed by atoms with Crippen molar-refractivity contribution in [1.29, 1.82) is 0 Å². The number of benzene rings is 1. The highest BCUT2D eigenvalue weighted by molar-refractivity contribution is 5.57. The van der Waals surface area contributed by atoms with E-state index >= 15 is 0 Å². The van der Waals surface area contributed by atoms with E-state index < -0.39 is 0 Å². The van der Waals surface area contributed by atoms with Crippen LogP contribution >= 0.6 is 0 Å². The SMILES string of the molecule is Nc1cc2c(cc1CO)OCCCO2. The second kappa shape index (κ2) is 3.75. The third kappa shape index (κ3) is 1.61. The normalized spacial score (nSPS) is 14.9. The van der Waals surface area contributed by atoms with Crippen LogP contribution in [-0.2, 0) is 6.61 Å². The molecular weight excluding hydrogens is 182 g/mol. The Morgan fingerprint density at radius 2 is 1.86 bits per heavy atom. The Morgan fingerprint density at radius 1 is 1.21 bits per heavy atom. The van der Waals surface area contributed by atoms with Crippen molar-refractivity contribution < 1.29 is 14.6 Å². The Kier molecular flexibility index (Phi) is 2.45. The molecular formula is C10H13NO3. The van der Waals surface area contributed by atoms with E-state index in [0.29, 0.717) is 36.0 Å². The maximum atomic E-state index is 9.01. The van der Waals surface area contributed by atoms with Crippen molar-refractivity contribution in [3.05, 3.63) is 17.7 Å². The first-order valence-corrected chi connectivity index (χ1v) is 4.60. The minimum atomic E-state index is -0.0809. The summed E-state index contributed by atoms with van der Waals surface area (Å²) in [5.41, 5.74) is 6.92. The average molecular weight is 195 g/mol. The lowest BCUT2D eigenvalue weighted by atomic mass is 10.1. The average Bonchev–Trinajstić information content (AvgIpc) is 2.41. The Bertz CT molecular complexity index is 338. The van der Waals surface area contributed by atoms with E-state index in [4.69, 9.17) is 20.3 Å². The molecule has 3 N–H and O–H groups in total. The molecule has 0 amide bonds. The molecule has 2 rings (SSSR count). The molecule has 1 aromatic rings. The Hall–Kier alpha value is -1.42. The second-order valence-corrected chi connectivity index (χ2v) is 3.21. The van der Waals surface area contributed by atoms with Crippen molar-refractivity contribution in [3.63, 3.8) is 0 Å². The summed E-state index contributed by atoms with van der Waals surface area (Å²) in [4.78, 5) is 0. The maximum Gasteiger partial charge on any atom is 0.163 e. The zero-order chi connectivity index (χ0) is 9.97. The molecule has 0 aromatic heterocycles. The molecule has 1 heterocycles. The van der Waals surface area contributed by atoms with Gasteiger partial charge in [0.15, 0.2) is 11.5 Å². The van der Waals surface area contributed by atoms with Crippen molar-refractivity contribution in [2.24, 2.45) is 0 Å². The third-order valence-electron chi connectivity index (χ3n) is 2.18. The molecule has 0 aliphatic carbocycles. The van der Waals surface area contributed by atoms with E-state index in [-0.39, 0.29) is 6.61 Å². The fourth-order valence-electron chi connectivity index (χ4n) is 1.40. The summed E-state index contributed by atoms with van der Waals surface area (Å²) >= 11 is 0. The van der Waals surface area contributed by atoms with Gasteiger partial charge in [-0.3, -0.25) is 0 Å². The van der Waals surface area contributed by atoms with Crippen LogP contribution in [0.4, 0.5) is 5.69 Å². The van der Waals surface area contributed by atoms with Crippen LogP contribution in [0.25, 0.3) is 0 Å². The first kappa shape index (κ1) is 9.15. The molecule has 4 nitrogen and oxygen atoms in total. The third-order valence-corrected chi connectivity index (χ3v) is 2.18. The van der Waals surface area contributed by atoms with Crippen LogP contribution in [0.15, 0.2) is 12.1 Å². The summed E-state index contributed by atoms with van der Waals surface area (Å²) in [6, 6.07) is 3.43. The zero-order valence-corrected chi connectivity index (χ0v) is 7.82. The highest BCUT2D eigenvalue weighted by atomic mass is 16.5. The fourth-order valence-corrected chi connectivity index (χ4v) is 1.40. The summed E-state index contributed by atoms with van der Waals surface area (Å²) in [5.74, 6) is 1.33. The predicted molar refractivity (Wildman–Crippen MR) is 52.4 cm³/mol. The Balaban J connectivity index is 2.41. The number of hydrogen-bond acceptors (Lipinski definition) is 4. The van der Waals surface area contributed by atoms with Crippen LogP contribution in [0.2, 0.25) is 0 Å². The fraction of sp³-hybridized carbons (Fsp3) is 0.400. The summed E-state index contributed by atoms with van der Waals surface area (Å²) in [6.45, 7) is 1.20. The lowest BCUT2D eigenvalue weighted by Crippen LogP contribution is -1.98. The van der Waals surface area contributed by atoms with Crippen molar-refractivity contribution >= 4 is 5.69 Å². The van der Waals surface area contributed by atoms with Crippen LogP contribution in [0.1, 0.15) is 12.0 Å². The molecule has 0 atom stereocenters. The second-order valence-electron chi connectivity index (χ2n) is 3.21. The number of aliphatic hydroxyl groups excluding tert-OH is 1. The van der Waals surface area contributed by atoms with E-state index in [1.165, 1.54) is 0 Å². The molecule has 0 bridgehead atoms. The zero-order valence-electron chi connectivity index (χ0n) is 7.82. The molecule has 0 unspecified atom stereocenters. The molecule has 0 saturated heterocycles. The van der Waals surface area contributed by atoms with Gasteiger partial charge in [0, 0.05) is 23.7 Å². The summed E-state index contributed by atoms with van der Waals surface area (Å²) in [7, 11) is 0. The van der Waals surface area contributed by atoms with E-state index in [0.717, 1.165) is 6.42 Å². The predicted octanol–water partition coefficient (Wildman–Crippen LogP) is 0.922. The van der Waals surface area contributed by atoms with E-state index in [1.54, 1.807) is 12.1 Å². The lowest BCUT2D eigenvalue weighted by molar-refractivity contribution is 0.280.